The van der Waals surface area contributed by atoms with Gasteiger partial charge in [0.15, 0.2) is 0 Å². The van der Waals surface area contributed by atoms with Crippen molar-refractivity contribution in [2.75, 3.05) is 25.1 Å². The van der Waals surface area contributed by atoms with E-state index in [-0.39, 0.29) is 31.2 Å². The molecule has 0 spiro atoms. The number of hydrogen-bond donors (Lipinski definition) is 0. The van der Waals surface area contributed by atoms with Crippen LogP contribution in [0.2, 0.25) is 0 Å². The number of nitrogens with zero attached hydrogens (tertiary/aromatic N) is 3. The Bertz CT molecular complexity index is 1210. The lowest BCUT2D eigenvalue weighted by Crippen LogP contribution is -2.40. The number of aryl methyl sites for hydroxylation is 3. The molecule has 1 aliphatic heterocycles. The number of hydrogen-bond acceptors (Lipinski definition) is 6. The molecule has 3 rings (SSSR count). The van der Waals surface area contributed by atoms with Crippen molar-refractivity contribution in [1.29, 1.82) is 0 Å². The van der Waals surface area contributed by atoms with Crippen molar-refractivity contribution in [1.82, 2.24) is 9.88 Å². The van der Waals surface area contributed by atoms with Gasteiger partial charge in [-0.05, 0) is 95.5 Å². The van der Waals surface area contributed by atoms with Crippen LogP contribution in [0.3, 0.4) is 0 Å². The summed E-state index contributed by atoms with van der Waals surface area (Å²) in [5, 5.41) is 0. The predicted molar refractivity (Wildman–Crippen MR) is 152 cm³/mol. The van der Waals surface area contributed by atoms with E-state index in [1.807, 2.05) is 32.9 Å². The Balaban J connectivity index is 1.61. The van der Waals surface area contributed by atoms with E-state index in [2.05, 4.69) is 0 Å². The number of amides is 2. The molecule has 1 aliphatic rings. The van der Waals surface area contributed by atoms with Crippen molar-refractivity contribution < 1.29 is 28.2 Å². The standard InChI is InChI=1S/C31H42FN3O5/c1-7-39-28(37)20-26(23-15-14-21(2)25(32)19-23)34(6)27(36)13-9-8-12-24-17-16-22-11-10-18-35(29(22)33-24)30(38)40-31(3,4)5/h14-17,19,26H,7-13,18,20H2,1-6H3/t26-/m0/s1. The molecule has 9 heteroatoms. The molecule has 218 valence electrons. The van der Waals surface area contributed by atoms with E-state index in [4.69, 9.17) is 14.5 Å². The van der Waals surface area contributed by atoms with Crippen LogP contribution in [0.15, 0.2) is 30.3 Å². The highest BCUT2D eigenvalue weighted by Crippen LogP contribution is 2.29. The normalized spacial score (nSPS) is 13.8. The highest BCUT2D eigenvalue weighted by molar-refractivity contribution is 5.88. The summed E-state index contributed by atoms with van der Waals surface area (Å²) < 4.78 is 25.0. The van der Waals surface area contributed by atoms with E-state index in [1.165, 1.54) is 11.0 Å². The van der Waals surface area contributed by atoms with Crippen LogP contribution in [-0.4, -0.2) is 53.7 Å². The third kappa shape index (κ3) is 8.50. The molecule has 0 aliphatic carbocycles. The van der Waals surface area contributed by atoms with Crippen LogP contribution in [0.1, 0.15) is 88.2 Å². The molecule has 0 bridgehead atoms. The minimum atomic E-state index is -0.622. The molecule has 8 nitrogen and oxygen atoms in total. The number of unbranched alkanes of at least 4 members (excludes halogenated alkanes) is 1. The number of carbonyl (C=O) groups excluding carboxylic acids is 3. The molecular weight excluding hydrogens is 513 g/mol. The van der Waals surface area contributed by atoms with Gasteiger partial charge in [-0.25, -0.2) is 14.2 Å². The Labute approximate surface area is 236 Å². The van der Waals surface area contributed by atoms with Crippen LogP contribution in [0, 0.1) is 12.7 Å². The average Bonchev–Trinajstić information content (AvgIpc) is 2.89. The lowest BCUT2D eigenvalue weighted by molar-refractivity contribution is -0.145. The number of pyridine rings is 1. The van der Waals surface area contributed by atoms with Crippen molar-refractivity contribution in [2.45, 2.75) is 91.2 Å². The van der Waals surface area contributed by atoms with Gasteiger partial charge in [-0.1, -0.05) is 18.2 Å². The quantitative estimate of drug-likeness (QED) is 0.261. The molecular formula is C31H42FN3O5. The number of anilines is 1. The minimum absolute atomic E-state index is 0.0498. The molecule has 2 amide bonds. The Morgan fingerprint density at radius 2 is 1.90 bits per heavy atom. The minimum Gasteiger partial charge on any atom is -0.466 e. The van der Waals surface area contributed by atoms with E-state index < -0.39 is 23.7 Å². The van der Waals surface area contributed by atoms with Gasteiger partial charge in [0.25, 0.3) is 0 Å². The molecule has 0 N–H and O–H groups in total. The predicted octanol–water partition coefficient (Wildman–Crippen LogP) is 6.08. The van der Waals surface area contributed by atoms with Gasteiger partial charge in [-0.3, -0.25) is 14.5 Å². The fourth-order valence-electron chi connectivity index (χ4n) is 4.72. The number of esters is 1. The van der Waals surface area contributed by atoms with Gasteiger partial charge in [0.2, 0.25) is 5.91 Å². The Kier molecular flexibility index (Phi) is 10.7. The summed E-state index contributed by atoms with van der Waals surface area (Å²) in [5.41, 5.74) is 2.34. The zero-order chi connectivity index (χ0) is 29.4. The third-order valence-electron chi connectivity index (χ3n) is 6.89. The lowest BCUT2D eigenvalue weighted by Gasteiger charge is -2.31. The van der Waals surface area contributed by atoms with Crippen molar-refractivity contribution in [3.05, 3.63) is 58.5 Å². The van der Waals surface area contributed by atoms with Crippen molar-refractivity contribution >= 4 is 23.8 Å². The van der Waals surface area contributed by atoms with Gasteiger partial charge in [0, 0.05) is 25.7 Å². The molecule has 0 fully saturated rings. The number of carbonyl (C=O) groups is 3. The third-order valence-corrected chi connectivity index (χ3v) is 6.89. The highest BCUT2D eigenvalue weighted by Gasteiger charge is 2.29. The molecule has 0 unspecified atom stereocenters. The summed E-state index contributed by atoms with van der Waals surface area (Å²) in [6.45, 7) is 9.72. The number of fused-ring (bicyclic) bond motifs is 1. The van der Waals surface area contributed by atoms with Crippen LogP contribution >= 0.6 is 0 Å². The van der Waals surface area contributed by atoms with E-state index in [1.54, 1.807) is 37.9 Å². The fourth-order valence-corrected chi connectivity index (χ4v) is 4.72. The average molecular weight is 556 g/mol. The SMILES string of the molecule is CCOC(=O)C[C@@H](c1ccc(C)c(F)c1)N(C)C(=O)CCCCc1ccc2c(n1)N(C(=O)OC(C)(C)C)CCC2. The Hall–Kier alpha value is -3.49. The number of aromatic nitrogens is 1. The number of benzene rings is 1. The summed E-state index contributed by atoms with van der Waals surface area (Å²) in [6.07, 6.45) is 3.55. The van der Waals surface area contributed by atoms with Gasteiger partial charge < -0.3 is 14.4 Å². The smallest absolute Gasteiger partial charge is 0.416 e. The lowest BCUT2D eigenvalue weighted by atomic mass is 10.00. The van der Waals surface area contributed by atoms with E-state index in [0.717, 1.165) is 30.5 Å². The molecule has 2 aromatic rings. The van der Waals surface area contributed by atoms with Gasteiger partial charge in [-0.15, -0.1) is 0 Å². The van der Waals surface area contributed by atoms with E-state index in [0.29, 0.717) is 36.3 Å². The van der Waals surface area contributed by atoms with Crippen LogP contribution in [0.5, 0.6) is 0 Å². The molecule has 1 aromatic carbocycles. The number of ether oxygens (including phenoxy) is 2. The molecule has 1 aromatic heterocycles. The Morgan fingerprint density at radius 1 is 1.15 bits per heavy atom. The zero-order valence-electron chi connectivity index (χ0n) is 24.6. The summed E-state index contributed by atoms with van der Waals surface area (Å²) in [4.78, 5) is 46.0. The van der Waals surface area contributed by atoms with Gasteiger partial charge in [0.1, 0.15) is 17.2 Å². The van der Waals surface area contributed by atoms with Crippen LogP contribution in [0.25, 0.3) is 0 Å². The molecule has 0 radical (unpaired) electrons. The highest BCUT2D eigenvalue weighted by atomic mass is 19.1. The molecule has 40 heavy (non-hydrogen) atoms. The van der Waals surface area contributed by atoms with Gasteiger partial charge in [-0.2, -0.15) is 0 Å². The summed E-state index contributed by atoms with van der Waals surface area (Å²) in [7, 11) is 1.64. The maximum atomic E-state index is 14.3. The molecule has 1 atom stereocenters. The van der Waals surface area contributed by atoms with Gasteiger partial charge >= 0.3 is 12.1 Å². The fraction of sp³-hybridized carbons (Fsp3) is 0.548. The zero-order valence-corrected chi connectivity index (χ0v) is 24.6. The Morgan fingerprint density at radius 3 is 2.58 bits per heavy atom. The maximum absolute atomic E-state index is 14.3. The summed E-state index contributed by atoms with van der Waals surface area (Å²) >= 11 is 0. The topological polar surface area (TPSA) is 89.0 Å². The van der Waals surface area contributed by atoms with E-state index >= 15 is 0 Å². The second-order valence-electron chi connectivity index (χ2n) is 11.3. The first-order valence-electron chi connectivity index (χ1n) is 14.1. The first kappa shape index (κ1) is 31.0. The molecule has 0 saturated carbocycles. The largest absolute Gasteiger partial charge is 0.466 e. The molecule has 0 saturated heterocycles. The monoisotopic (exact) mass is 555 g/mol. The maximum Gasteiger partial charge on any atom is 0.416 e. The number of halogens is 1. The number of rotatable bonds is 10. The molecule has 2 heterocycles. The van der Waals surface area contributed by atoms with Crippen LogP contribution in [-0.2, 0) is 31.9 Å². The van der Waals surface area contributed by atoms with Crippen molar-refractivity contribution in [3.63, 3.8) is 0 Å². The van der Waals surface area contributed by atoms with Gasteiger partial charge in [0.05, 0.1) is 19.1 Å². The summed E-state index contributed by atoms with van der Waals surface area (Å²) in [6, 6.07) is 8.15. The van der Waals surface area contributed by atoms with E-state index in [9.17, 15) is 18.8 Å². The first-order chi connectivity index (χ1) is 18.9. The first-order valence-corrected chi connectivity index (χ1v) is 14.1. The summed E-state index contributed by atoms with van der Waals surface area (Å²) in [5.74, 6) is -0.298. The van der Waals surface area contributed by atoms with Crippen molar-refractivity contribution in [3.8, 4) is 0 Å². The second-order valence-corrected chi connectivity index (χ2v) is 11.3. The van der Waals surface area contributed by atoms with Crippen LogP contribution in [0.4, 0.5) is 15.0 Å². The van der Waals surface area contributed by atoms with Crippen molar-refractivity contribution in [2.24, 2.45) is 0 Å². The van der Waals surface area contributed by atoms with Crippen LogP contribution < -0.4 is 4.90 Å². The second kappa shape index (κ2) is 13.7.